The van der Waals surface area contributed by atoms with Crippen LogP contribution >= 0.6 is 0 Å². The topological polar surface area (TPSA) is 26.3 Å². The van der Waals surface area contributed by atoms with Crippen LogP contribution in [0.25, 0.3) is 5.57 Å². The molecule has 2 heteroatoms. The Balaban J connectivity index is 2.61. The average molecular weight is 186 g/mol. The zero-order valence-electron chi connectivity index (χ0n) is 7.91. The molecule has 0 heterocycles. The average Bonchev–Trinajstić information content (AvgIpc) is 2.23. The number of fused-ring (bicyclic) bond motifs is 1. The van der Waals surface area contributed by atoms with E-state index in [1.54, 1.807) is 12.1 Å². The number of methoxy groups -OCH3 is 1. The number of hydrogen-bond donors (Lipinski definition) is 0. The van der Waals surface area contributed by atoms with E-state index in [1.165, 1.54) is 7.11 Å². The second kappa shape index (κ2) is 3.14. The lowest BCUT2D eigenvalue weighted by molar-refractivity contribution is 0.0952. The van der Waals surface area contributed by atoms with Gasteiger partial charge in [-0.3, -0.25) is 4.79 Å². The molecule has 2 nitrogen and oxygen atoms in total. The molecule has 14 heavy (non-hydrogen) atoms. The summed E-state index contributed by atoms with van der Waals surface area (Å²) in [6, 6.07) is 7.40. The van der Waals surface area contributed by atoms with Crippen molar-refractivity contribution in [2.75, 3.05) is 7.11 Å². The Labute approximate surface area is 82.5 Å². The highest BCUT2D eigenvalue weighted by Gasteiger charge is 2.22. The summed E-state index contributed by atoms with van der Waals surface area (Å²) < 4.78 is 4.98. The van der Waals surface area contributed by atoms with Crippen molar-refractivity contribution in [2.45, 2.75) is 0 Å². The molecule has 0 aliphatic heterocycles. The van der Waals surface area contributed by atoms with Gasteiger partial charge in [-0.2, -0.15) is 0 Å². The first-order valence-electron chi connectivity index (χ1n) is 4.32. The molecule has 1 aliphatic carbocycles. The summed E-state index contributed by atoms with van der Waals surface area (Å²) in [5.41, 5.74) is 2.37. The van der Waals surface area contributed by atoms with Crippen LogP contribution in [-0.2, 0) is 4.74 Å². The number of carbonyl (C=O) groups is 1. The minimum absolute atomic E-state index is 0.0736. The predicted molar refractivity (Wildman–Crippen MR) is 54.9 cm³/mol. The molecule has 1 aromatic carbocycles. The monoisotopic (exact) mass is 186 g/mol. The number of allylic oxidation sites excluding steroid dienone is 3. The Morgan fingerprint density at radius 1 is 1.21 bits per heavy atom. The van der Waals surface area contributed by atoms with Gasteiger partial charge in [-0.25, -0.2) is 0 Å². The van der Waals surface area contributed by atoms with E-state index in [0.717, 1.165) is 11.1 Å². The maximum Gasteiger partial charge on any atom is 0.228 e. The highest BCUT2D eigenvalue weighted by Crippen LogP contribution is 2.27. The minimum atomic E-state index is -0.0736. The summed E-state index contributed by atoms with van der Waals surface area (Å²) in [4.78, 5) is 11.8. The third-order valence-electron chi connectivity index (χ3n) is 2.27. The fraction of sp³-hybridized carbons (Fsp3) is 0.0833. The lowest BCUT2D eigenvalue weighted by Crippen LogP contribution is -2.12. The maximum absolute atomic E-state index is 11.8. The Kier molecular flexibility index (Phi) is 1.97. The summed E-state index contributed by atoms with van der Waals surface area (Å²) in [6.07, 6.45) is 1.67. The summed E-state index contributed by atoms with van der Waals surface area (Å²) in [6.45, 7) is 3.88. The normalized spacial score (nSPS) is 14.8. The van der Waals surface area contributed by atoms with Crippen LogP contribution in [0.15, 0.2) is 42.7 Å². The number of rotatable bonds is 1. The van der Waals surface area contributed by atoms with Gasteiger partial charge in [0.1, 0.15) is 0 Å². The Bertz CT molecular complexity index is 441. The largest absolute Gasteiger partial charge is 0.493 e. The zero-order valence-corrected chi connectivity index (χ0v) is 7.91. The standard InChI is InChI=1S/C12H10O2/c1-8-7-11(14-2)12(13)10-6-4-3-5-9(8)10/h3-7H,1H2,2H3. The van der Waals surface area contributed by atoms with Crippen molar-refractivity contribution in [3.63, 3.8) is 0 Å². The van der Waals surface area contributed by atoms with Crippen LogP contribution in [0.3, 0.4) is 0 Å². The minimum Gasteiger partial charge on any atom is -0.493 e. The number of Topliss-reactive ketones (excluding diaryl/α,β-unsaturated/α-hetero) is 1. The zero-order chi connectivity index (χ0) is 10.1. The SMILES string of the molecule is C=C1C=C(OC)C(=O)c2ccccc21. The molecule has 0 fully saturated rings. The third kappa shape index (κ3) is 1.16. The van der Waals surface area contributed by atoms with Crippen molar-refractivity contribution < 1.29 is 9.53 Å². The van der Waals surface area contributed by atoms with Crippen molar-refractivity contribution in [3.05, 3.63) is 53.8 Å². The molecule has 1 aromatic rings. The molecule has 2 rings (SSSR count). The molecule has 0 aromatic heterocycles. The smallest absolute Gasteiger partial charge is 0.228 e. The molecule has 0 radical (unpaired) electrons. The molecule has 0 amide bonds. The van der Waals surface area contributed by atoms with E-state index in [9.17, 15) is 4.79 Å². The van der Waals surface area contributed by atoms with E-state index in [4.69, 9.17) is 4.74 Å². The molecule has 0 saturated heterocycles. The van der Waals surface area contributed by atoms with Gasteiger partial charge >= 0.3 is 0 Å². The molecule has 0 N–H and O–H groups in total. The second-order valence-corrected chi connectivity index (χ2v) is 3.11. The molecular formula is C12H10O2. The molecule has 1 aliphatic rings. The summed E-state index contributed by atoms with van der Waals surface area (Å²) in [7, 11) is 1.49. The van der Waals surface area contributed by atoms with Crippen LogP contribution in [0.2, 0.25) is 0 Å². The van der Waals surface area contributed by atoms with E-state index in [1.807, 2.05) is 18.2 Å². The molecule has 0 saturated carbocycles. The lowest BCUT2D eigenvalue weighted by atomic mass is 9.91. The predicted octanol–water partition coefficient (Wildman–Crippen LogP) is 2.43. The summed E-state index contributed by atoms with van der Waals surface area (Å²) >= 11 is 0. The number of benzene rings is 1. The Hall–Kier alpha value is -1.83. The number of hydrogen-bond acceptors (Lipinski definition) is 2. The van der Waals surface area contributed by atoms with Gasteiger partial charge in [0, 0.05) is 5.56 Å². The van der Waals surface area contributed by atoms with Crippen molar-refractivity contribution in [2.24, 2.45) is 0 Å². The van der Waals surface area contributed by atoms with E-state index in [-0.39, 0.29) is 5.78 Å². The number of carbonyl (C=O) groups excluding carboxylic acids is 1. The van der Waals surface area contributed by atoms with Crippen molar-refractivity contribution in [1.29, 1.82) is 0 Å². The lowest BCUT2D eigenvalue weighted by Gasteiger charge is -2.15. The van der Waals surface area contributed by atoms with Crippen molar-refractivity contribution in [3.8, 4) is 0 Å². The van der Waals surface area contributed by atoms with Gasteiger partial charge in [-0.1, -0.05) is 30.8 Å². The fourth-order valence-corrected chi connectivity index (χ4v) is 1.55. The van der Waals surface area contributed by atoms with E-state index in [2.05, 4.69) is 6.58 Å². The second-order valence-electron chi connectivity index (χ2n) is 3.11. The fourth-order valence-electron chi connectivity index (χ4n) is 1.55. The van der Waals surface area contributed by atoms with Gasteiger partial charge in [0.05, 0.1) is 7.11 Å². The van der Waals surface area contributed by atoms with Crippen LogP contribution in [0.5, 0.6) is 0 Å². The first-order valence-corrected chi connectivity index (χ1v) is 4.32. The highest BCUT2D eigenvalue weighted by atomic mass is 16.5. The van der Waals surface area contributed by atoms with E-state index < -0.39 is 0 Å². The highest BCUT2D eigenvalue weighted by molar-refractivity contribution is 6.14. The number of ketones is 1. The van der Waals surface area contributed by atoms with Crippen LogP contribution in [-0.4, -0.2) is 12.9 Å². The molecule has 0 unspecified atom stereocenters. The summed E-state index contributed by atoms with van der Waals surface area (Å²) in [5, 5.41) is 0. The quantitative estimate of drug-likeness (QED) is 0.673. The van der Waals surface area contributed by atoms with Gasteiger partial charge in [0.2, 0.25) is 5.78 Å². The first-order chi connectivity index (χ1) is 6.74. The van der Waals surface area contributed by atoms with E-state index >= 15 is 0 Å². The van der Waals surface area contributed by atoms with Crippen LogP contribution < -0.4 is 0 Å². The first kappa shape index (κ1) is 8.75. The van der Waals surface area contributed by atoms with Crippen molar-refractivity contribution in [1.82, 2.24) is 0 Å². The van der Waals surface area contributed by atoms with Crippen LogP contribution in [0.1, 0.15) is 15.9 Å². The van der Waals surface area contributed by atoms with Crippen LogP contribution in [0, 0.1) is 0 Å². The van der Waals surface area contributed by atoms with Gasteiger partial charge in [-0.15, -0.1) is 0 Å². The molecule has 0 spiro atoms. The van der Waals surface area contributed by atoms with Gasteiger partial charge in [0.15, 0.2) is 5.76 Å². The van der Waals surface area contributed by atoms with Gasteiger partial charge in [0.25, 0.3) is 0 Å². The molecule has 70 valence electrons. The van der Waals surface area contributed by atoms with Crippen molar-refractivity contribution >= 4 is 11.4 Å². The van der Waals surface area contributed by atoms with Crippen LogP contribution in [0.4, 0.5) is 0 Å². The Morgan fingerprint density at radius 3 is 2.50 bits per heavy atom. The number of ether oxygens (including phenoxy) is 1. The Morgan fingerprint density at radius 2 is 1.86 bits per heavy atom. The van der Waals surface area contributed by atoms with Gasteiger partial charge in [-0.05, 0) is 17.2 Å². The molecule has 0 atom stereocenters. The molecule has 0 bridgehead atoms. The molecular weight excluding hydrogens is 176 g/mol. The van der Waals surface area contributed by atoms with E-state index in [0.29, 0.717) is 11.3 Å². The maximum atomic E-state index is 11.8. The summed E-state index contributed by atoms with van der Waals surface area (Å²) in [5.74, 6) is 0.282. The third-order valence-corrected chi connectivity index (χ3v) is 2.27. The van der Waals surface area contributed by atoms with Gasteiger partial charge < -0.3 is 4.74 Å².